The molecule has 0 aromatic heterocycles. The van der Waals surface area contributed by atoms with Crippen LogP contribution in [0.2, 0.25) is 5.31 Å². The Bertz CT molecular complexity index is 219. The fourth-order valence-corrected chi connectivity index (χ4v) is 1.62. The van der Waals surface area contributed by atoms with Crippen molar-refractivity contribution in [2.75, 3.05) is 6.54 Å². The fourth-order valence-electron chi connectivity index (χ4n) is 1.62. The number of carboxylic acid groups (broad SMARTS) is 1. The van der Waals surface area contributed by atoms with Crippen LogP contribution in [-0.2, 0) is 4.79 Å². The summed E-state index contributed by atoms with van der Waals surface area (Å²) in [7, 11) is 5.89. The van der Waals surface area contributed by atoms with Crippen LogP contribution < -0.4 is 5.32 Å². The number of aliphatic carboxylic acids is 1. The molecule has 0 bridgehead atoms. The second-order valence-electron chi connectivity index (χ2n) is 4.54. The first kappa shape index (κ1) is 12.6. The van der Waals surface area contributed by atoms with Crippen LogP contribution in [0.4, 0.5) is 0 Å². The number of carbonyl (C=O) groups is 1. The highest BCUT2D eigenvalue weighted by molar-refractivity contribution is 6.26. The van der Waals surface area contributed by atoms with Crippen LogP contribution in [-0.4, -0.2) is 31.5 Å². The Morgan fingerprint density at radius 1 is 1.53 bits per heavy atom. The quantitative estimate of drug-likeness (QED) is 0.598. The Labute approximate surface area is 93.0 Å². The van der Waals surface area contributed by atoms with Crippen LogP contribution >= 0.6 is 0 Å². The van der Waals surface area contributed by atoms with Gasteiger partial charge in [-0.05, 0) is 32.2 Å². The summed E-state index contributed by atoms with van der Waals surface area (Å²) in [5.41, 5.74) is 0. The molecular weight excluding hydrogens is 189 g/mol. The van der Waals surface area contributed by atoms with Gasteiger partial charge in [-0.15, -0.1) is 0 Å². The minimum absolute atomic E-state index is 0.527. The van der Waals surface area contributed by atoms with E-state index in [1.165, 1.54) is 12.8 Å². The third kappa shape index (κ3) is 4.25. The van der Waals surface area contributed by atoms with E-state index < -0.39 is 11.3 Å². The molecule has 1 unspecified atom stereocenters. The molecule has 0 heterocycles. The molecular formula is C11H20BNO2. The summed E-state index contributed by atoms with van der Waals surface area (Å²) in [4.78, 5) is 11.1. The van der Waals surface area contributed by atoms with E-state index in [1.54, 1.807) is 0 Å². The number of carboxylic acids is 1. The molecule has 1 rings (SSSR count). The lowest BCUT2D eigenvalue weighted by atomic mass is 9.63. The average Bonchev–Trinajstić information content (AvgIpc) is 2.98. The van der Waals surface area contributed by atoms with E-state index in [-0.39, 0.29) is 0 Å². The predicted molar refractivity (Wildman–Crippen MR) is 61.2 cm³/mol. The van der Waals surface area contributed by atoms with Crippen molar-refractivity contribution in [2.45, 2.75) is 56.8 Å². The zero-order valence-electron chi connectivity index (χ0n) is 9.46. The largest absolute Gasteiger partial charge is 0.481 e. The van der Waals surface area contributed by atoms with Crippen molar-refractivity contribution >= 4 is 13.8 Å². The Morgan fingerprint density at radius 3 is 2.67 bits per heavy atom. The topological polar surface area (TPSA) is 49.3 Å². The highest BCUT2D eigenvalue weighted by Crippen LogP contribution is 2.33. The fraction of sp³-hybridized carbons (Fsp3) is 0.909. The SMILES string of the molecule is [B]C(CCCC)(CCNC1CC1)C(=O)O. The van der Waals surface area contributed by atoms with Crippen LogP contribution in [0.1, 0.15) is 45.4 Å². The molecule has 0 aromatic rings. The molecule has 0 aliphatic heterocycles. The maximum atomic E-state index is 11.1. The number of hydrogen-bond acceptors (Lipinski definition) is 2. The van der Waals surface area contributed by atoms with Gasteiger partial charge in [0.1, 0.15) is 0 Å². The van der Waals surface area contributed by atoms with Crippen LogP contribution in [0, 0.1) is 0 Å². The van der Waals surface area contributed by atoms with Crippen molar-refractivity contribution in [3.05, 3.63) is 0 Å². The number of nitrogens with one attached hydrogen (secondary N) is 1. The summed E-state index contributed by atoms with van der Waals surface area (Å²) in [6, 6.07) is 0.620. The van der Waals surface area contributed by atoms with Crippen molar-refractivity contribution < 1.29 is 9.90 Å². The molecule has 2 radical (unpaired) electrons. The Kier molecular flexibility index (Phi) is 4.64. The standard InChI is InChI=1S/C11H20BNO2/c1-2-3-6-11(12,10(14)15)7-8-13-9-4-5-9/h9,13H,2-8H2,1H3,(H,14,15). The molecule has 3 nitrogen and oxygen atoms in total. The molecule has 1 fully saturated rings. The third-order valence-electron chi connectivity index (χ3n) is 2.98. The molecule has 0 spiro atoms. The van der Waals surface area contributed by atoms with Crippen molar-refractivity contribution in [3.8, 4) is 0 Å². The van der Waals surface area contributed by atoms with E-state index in [9.17, 15) is 4.79 Å². The Balaban J connectivity index is 2.29. The van der Waals surface area contributed by atoms with Gasteiger partial charge in [-0.25, -0.2) is 0 Å². The average molecular weight is 209 g/mol. The molecule has 4 heteroatoms. The molecule has 0 saturated heterocycles. The molecule has 84 valence electrons. The van der Waals surface area contributed by atoms with Crippen molar-refractivity contribution in [1.29, 1.82) is 0 Å². The van der Waals surface area contributed by atoms with Crippen molar-refractivity contribution in [1.82, 2.24) is 5.32 Å². The minimum Gasteiger partial charge on any atom is -0.481 e. The predicted octanol–water partition coefficient (Wildman–Crippen LogP) is 1.73. The van der Waals surface area contributed by atoms with Crippen molar-refractivity contribution in [2.24, 2.45) is 0 Å². The van der Waals surface area contributed by atoms with E-state index in [2.05, 4.69) is 5.32 Å². The van der Waals surface area contributed by atoms with E-state index in [0.717, 1.165) is 19.4 Å². The molecule has 2 N–H and O–H groups in total. The molecule has 0 aromatic carbocycles. The van der Waals surface area contributed by atoms with Gasteiger partial charge in [-0.1, -0.05) is 19.8 Å². The lowest BCUT2D eigenvalue weighted by Gasteiger charge is -2.25. The molecule has 1 atom stereocenters. The van der Waals surface area contributed by atoms with Gasteiger partial charge in [0.05, 0.1) is 7.85 Å². The first-order valence-electron chi connectivity index (χ1n) is 5.84. The second kappa shape index (κ2) is 5.54. The monoisotopic (exact) mass is 209 g/mol. The zero-order valence-corrected chi connectivity index (χ0v) is 9.46. The lowest BCUT2D eigenvalue weighted by molar-refractivity contribution is -0.141. The molecule has 15 heavy (non-hydrogen) atoms. The molecule has 1 aliphatic rings. The van der Waals surface area contributed by atoms with Gasteiger partial charge < -0.3 is 10.4 Å². The van der Waals surface area contributed by atoms with Gasteiger partial charge in [0, 0.05) is 11.4 Å². The maximum absolute atomic E-state index is 11.1. The minimum atomic E-state index is -1.03. The summed E-state index contributed by atoms with van der Waals surface area (Å²) in [6.07, 6.45) is 5.41. The third-order valence-corrected chi connectivity index (χ3v) is 2.98. The number of unbranched alkanes of at least 4 members (excludes halogenated alkanes) is 1. The summed E-state index contributed by atoms with van der Waals surface area (Å²) in [5, 5.41) is 11.4. The highest BCUT2D eigenvalue weighted by Gasteiger charge is 2.31. The van der Waals surface area contributed by atoms with Gasteiger partial charge >= 0.3 is 5.97 Å². The lowest BCUT2D eigenvalue weighted by Crippen LogP contribution is -2.29. The van der Waals surface area contributed by atoms with Gasteiger partial charge in [0.2, 0.25) is 0 Å². The molecule has 0 amide bonds. The van der Waals surface area contributed by atoms with Crippen molar-refractivity contribution in [3.63, 3.8) is 0 Å². The Hall–Kier alpha value is -0.505. The van der Waals surface area contributed by atoms with Crippen LogP contribution in [0.5, 0.6) is 0 Å². The maximum Gasteiger partial charge on any atom is 0.300 e. The summed E-state index contributed by atoms with van der Waals surface area (Å²) < 4.78 is 0. The van der Waals surface area contributed by atoms with Crippen LogP contribution in [0.25, 0.3) is 0 Å². The van der Waals surface area contributed by atoms with Crippen LogP contribution in [0.3, 0.4) is 0 Å². The van der Waals surface area contributed by atoms with Crippen LogP contribution in [0.15, 0.2) is 0 Å². The summed E-state index contributed by atoms with van der Waals surface area (Å²) in [5.74, 6) is -0.867. The van der Waals surface area contributed by atoms with E-state index in [4.69, 9.17) is 13.0 Å². The highest BCUT2D eigenvalue weighted by atomic mass is 16.4. The number of rotatable bonds is 8. The molecule has 1 aliphatic carbocycles. The van der Waals surface area contributed by atoms with Gasteiger partial charge in [0.15, 0.2) is 0 Å². The Morgan fingerprint density at radius 2 is 2.20 bits per heavy atom. The normalized spacial score (nSPS) is 19.8. The summed E-state index contributed by atoms with van der Waals surface area (Å²) in [6.45, 7) is 2.77. The first-order valence-corrected chi connectivity index (χ1v) is 5.84. The summed E-state index contributed by atoms with van der Waals surface area (Å²) >= 11 is 0. The number of hydrogen-bond donors (Lipinski definition) is 2. The van der Waals surface area contributed by atoms with Gasteiger partial charge in [-0.2, -0.15) is 0 Å². The second-order valence-corrected chi connectivity index (χ2v) is 4.54. The van der Waals surface area contributed by atoms with E-state index in [0.29, 0.717) is 18.9 Å². The van der Waals surface area contributed by atoms with Gasteiger partial charge in [-0.3, -0.25) is 4.79 Å². The zero-order chi connectivity index (χ0) is 11.3. The van der Waals surface area contributed by atoms with Gasteiger partial charge in [0.25, 0.3) is 0 Å². The van der Waals surface area contributed by atoms with E-state index in [1.807, 2.05) is 6.92 Å². The molecule has 1 saturated carbocycles. The van der Waals surface area contributed by atoms with E-state index >= 15 is 0 Å². The first-order chi connectivity index (χ1) is 7.08. The smallest absolute Gasteiger partial charge is 0.300 e.